The van der Waals surface area contributed by atoms with Gasteiger partial charge in [-0.05, 0) is 17.0 Å². The fourth-order valence-corrected chi connectivity index (χ4v) is 6.18. The van der Waals surface area contributed by atoms with Gasteiger partial charge in [0.05, 0.1) is 5.03 Å². The molecule has 0 saturated heterocycles. The van der Waals surface area contributed by atoms with E-state index in [-0.39, 0.29) is 0 Å². The van der Waals surface area contributed by atoms with E-state index < -0.39 is 9.24 Å². The first-order chi connectivity index (χ1) is 8.69. The second kappa shape index (κ2) is 4.61. The molecule has 1 aromatic carbocycles. The van der Waals surface area contributed by atoms with Crippen LogP contribution in [0.5, 0.6) is 0 Å². The lowest BCUT2D eigenvalue weighted by atomic mass is 10.2. The maximum atomic E-state index is 6.81. The summed E-state index contributed by atoms with van der Waals surface area (Å²) in [5.74, 6) is 0.796. The lowest BCUT2D eigenvalue weighted by molar-refractivity contribution is 1.22. The first kappa shape index (κ1) is 12.1. The van der Waals surface area contributed by atoms with Gasteiger partial charge in [-0.15, -0.1) is 9.24 Å². The zero-order valence-corrected chi connectivity index (χ0v) is 11.8. The predicted molar refractivity (Wildman–Crippen MR) is 79.9 cm³/mol. The Hall–Kier alpha value is -0.960. The number of hydrogen-bond acceptors (Lipinski definition) is 1. The van der Waals surface area contributed by atoms with Crippen molar-refractivity contribution in [2.75, 3.05) is 0 Å². The van der Waals surface area contributed by atoms with Crippen molar-refractivity contribution in [1.29, 1.82) is 0 Å². The number of aromatic nitrogens is 1. The van der Waals surface area contributed by atoms with Gasteiger partial charge in [0, 0.05) is 28.6 Å². The standard InChI is InChI=1S/C14H11Cl2NS/c15-13-10-18(16,9-11-4-2-1-3-5-11)14-8-17-7-6-12(13)14/h1-8,10H,9H2. The van der Waals surface area contributed by atoms with E-state index in [1.807, 2.05) is 35.9 Å². The minimum atomic E-state index is -1.55. The van der Waals surface area contributed by atoms with Gasteiger partial charge >= 0.3 is 0 Å². The highest BCUT2D eigenvalue weighted by molar-refractivity contribution is 8.53. The second-order valence-corrected chi connectivity index (χ2v) is 8.60. The third-order valence-electron chi connectivity index (χ3n) is 2.92. The Balaban J connectivity index is 2.02. The molecule has 1 nitrogen and oxygen atoms in total. The number of benzene rings is 1. The van der Waals surface area contributed by atoms with Crippen LogP contribution in [-0.4, -0.2) is 4.98 Å². The minimum absolute atomic E-state index is 0.744. The third-order valence-corrected chi connectivity index (χ3v) is 6.87. The molecule has 0 fully saturated rings. The van der Waals surface area contributed by atoms with E-state index in [0.29, 0.717) is 0 Å². The summed E-state index contributed by atoms with van der Waals surface area (Å²) in [5.41, 5.74) is 2.24. The molecule has 0 radical (unpaired) electrons. The Morgan fingerprint density at radius 1 is 1.11 bits per heavy atom. The van der Waals surface area contributed by atoms with Crippen molar-refractivity contribution >= 4 is 36.6 Å². The van der Waals surface area contributed by atoms with Crippen LogP contribution in [-0.2, 0) is 5.75 Å². The van der Waals surface area contributed by atoms with E-state index in [4.69, 9.17) is 22.3 Å². The lowest BCUT2D eigenvalue weighted by Gasteiger charge is -2.26. The molecular formula is C14H11Cl2NS. The van der Waals surface area contributed by atoms with Gasteiger partial charge in [-0.1, -0.05) is 52.6 Å². The number of fused-ring (bicyclic) bond motifs is 1. The van der Waals surface area contributed by atoms with Crippen LogP contribution in [0.2, 0.25) is 0 Å². The van der Waals surface area contributed by atoms with Crippen LogP contribution in [0.4, 0.5) is 0 Å². The van der Waals surface area contributed by atoms with Gasteiger partial charge in [0.1, 0.15) is 0 Å². The molecule has 2 heterocycles. The molecular weight excluding hydrogens is 285 g/mol. The van der Waals surface area contributed by atoms with Gasteiger partial charge < -0.3 is 0 Å². The van der Waals surface area contributed by atoms with Gasteiger partial charge in [-0.3, -0.25) is 4.98 Å². The Kier molecular flexibility index (Phi) is 3.10. The molecule has 2 aromatic rings. The summed E-state index contributed by atoms with van der Waals surface area (Å²) in [6.07, 6.45) is 3.59. The van der Waals surface area contributed by atoms with E-state index in [2.05, 4.69) is 17.1 Å². The van der Waals surface area contributed by atoms with Crippen molar-refractivity contribution in [1.82, 2.24) is 4.98 Å². The van der Waals surface area contributed by atoms with E-state index in [0.717, 1.165) is 21.2 Å². The molecule has 0 spiro atoms. The molecule has 18 heavy (non-hydrogen) atoms. The molecule has 1 unspecified atom stereocenters. The summed E-state index contributed by atoms with van der Waals surface area (Å²) in [4.78, 5) is 5.24. The molecule has 4 heteroatoms. The average molecular weight is 296 g/mol. The summed E-state index contributed by atoms with van der Waals surface area (Å²) in [5, 5.41) is 2.74. The van der Waals surface area contributed by atoms with Crippen LogP contribution in [0.15, 0.2) is 59.1 Å². The Morgan fingerprint density at radius 2 is 1.89 bits per heavy atom. The van der Waals surface area contributed by atoms with Crippen LogP contribution in [0, 0.1) is 0 Å². The highest BCUT2D eigenvalue weighted by atomic mass is 35.7. The predicted octanol–water partition coefficient (Wildman–Crippen LogP) is 5.15. The van der Waals surface area contributed by atoms with Crippen LogP contribution in [0.25, 0.3) is 5.03 Å². The molecule has 92 valence electrons. The largest absolute Gasteiger partial charge is 0.264 e. The molecule has 0 amide bonds. The number of rotatable bonds is 2. The van der Waals surface area contributed by atoms with Gasteiger partial charge in [0.25, 0.3) is 0 Å². The summed E-state index contributed by atoms with van der Waals surface area (Å²) < 4.78 is 0. The van der Waals surface area contributed by atoms with Gasteiger partial charge in [-0.25, -0.2) is 0 Å². The Morgan fingerprint density at radius 3 is 2.67 bits per heavy atom. The molecule has 0 aliphatic carbocycles. The van der Waals surface area contributed by atoms with E-state index in [1.165, 1.54) is 5.56 Å². The first-order valence-corrected chi connectivity index (χ1v) is 8.62. The normalized spacial score (nSPS) is 25.1. The van der Waals surface area contributed by atoms with Crippen LogP contribution < -0.4 is 0 Å². The first-order valence-electron chi connectivity index (χ1n) is 5.55. The number of halogens is 2. The summed E-state index contributed by atoms with van der Waals surface area (Å²) in [6, 6.07) is 12.2. The molecule has 3 rings (SSSR count). The summed E-state index contributed by atoms with van der Waals surface area (Å²) in [6.45, 7) is 0. The fourth-order valence-electron chi connectivity index (χ4n) is 2.07. The van der Waals surface area contributed by atoms with Crippen LogP contribution in [0.3, 0.4) is 0 Å². The highest BCUT2D eigenvalue weighted by Gasteiger charge is 2.31. The van der Waals surface area contributed by atoms with E-state index >= 15 is 0 Å². The van der Waals surface area contributed by atoms with Crippen molar-refractivity contribution in [2.45, 2.75) is 10.6 Å². The zero-order valence-electron chi connectivity index (χ0n) is 9.51. The number of pyridine rings is 1. The highest BCUT2D eigenvalue weighted by Crippen LogP contribution is 2.70. The molecule has 1 atom stereocenters. The quantitative estimate of drug-likeness (QED) is 0.747. The molecule has 1 aliphatic heterocycles. The van der Waals surface area contributed by atoms with Crippen LogP contribution >= 0.6 is 31.5 Å². The summed E-state index contributed by atoms with van der Waals surface area (Å²) >= 11 is 6.26. The molecule has 0 N–H and O–H groups in total. The van der Waals surface area contributed by atoms with Crippen molar-refractivity contribution in [3.63, 3.8) is 0 Å². The number of nitrogens with zero attached hydrogens (tertiary/aromatic N) is 1. The molecule has 1 aliphatic rings. The molecule has 0 bridgehead atoms. The fraction of sp³-hybridized carbons (Fsp3) is 0.0714. The Bertz CT molecular complexity index is 612. The third kappa shape index (κ3) is 2.05. The van der Waals surface area contributed by atoms with Crippen molar-refractivity contribution in [2.24, 2.45) is 0 Å². The van der Waals surface area contributed by atoms with Gasteiger partial charge in [0.2, 0.25) is 0 Å². The van der Waals surface area contributed by atoms with Crippen LogP contribution in [0.1, 0.15) is 11.1 Å². The van der Waals surface area contributed by atoms with Gasteiger partial charge in [0.15, 0.2) is 0 Å². The average Bonchev–Trinajstić information content (AvgIpc) is 2.63. The lowest BCUT2D eigenvalue weighted by Crippen LogP contribution is -1.94. The zero-order chi connectivity index (χ0) is 12.6. The topological polar surface area (TPSA) is 12.9 Å². The number of hydrogen-bond donors (Lipinski definition) is 0. The second-order valence-electron chi connectivity index (χ2n) is 4.17. The van der Waals surface area contributed by atoms with Crippen molar-refractivity contribution in [3.05, 3.63) is 65.3 Å². The van der Waals surface area contributed by atoms with Gasteiger partial charge in [-0.2, -0.15) is 0 Å². The maximum absolute atomic E-state index is 6.81. The summed E-state index contributed by atoms with van der Waals surface area (Å²) in [7, 11) is 5.26. The SMILES string of the molecule is ClC1=CS(Cl)(Cc2ccccc2)c2cnccc21. The Labute approximate surface area is 117 Å². The molecule has 1 aromatic heterocycles. The van der Waals surface area contributed by atoms with Crippen molar-refractivity contribution < 1.29 is 0 Å². The van der Waals surface area contributed by atoms with E-state index in [1.54, 1.807) is 6.20 Å². The smallest absolute Gasteiger partial charge is 0.0552 e. The monoisotopic (exact) mass is 295 g/mol. The molecule has 0 saturated carbocycles. The van der Waals surface area contributed by atoms with E-state index in [9.17, 15) is 0 Å². The minimum Gasteiger partial charge on any atom is -0.264 e. The van der Waals surface area contributed by atoms with Crippen molar-refractivity contribution in [3.8, 4) is 0 Å². The maximum Gasteiger partial charge on any atom is 0.0552 e.